The summed E-state index contributed by atoms with van der Waals surface area (Å²) in [5.41, 5.74) is 2.70. The summed E-state index contributed by atoms with van der Waals surface area (Å²) in [5, 5.41) is 12.6. The van der Waals surface area contributed by atoms with Crippen LogP contribution in [0.2, 0.25) is 5.02 Å². The standard InChI is InChI=1S/C30H27ClN8O2S/c1-20-27(28(40)39(35(20)2)24-11-7-4-8-12-24)38-25(17-21-13-15-23(31)16-14-21)34-37(30(38)41)19-26-32-33-29(42)36(26)18-22-9-5-3-6-10-22/h3-16H,17-19H2,1-2H3,(H,33,42). The number of H-pyrrole nitrogens is 1. The van der Waals surface area contributed by atoms with Crippen LogP contribution in [0.5, 0.6) is 0 Å². The number of nitrogens with one attached hydrogen (secondary N) is 1. The molecule has 0 spiro atoms. The predicted octanol–water partition coefficient (Wildman–Crippen LogP) is 4.43. The van der Waals surface area contributed by atoms with E-state index in [2.05, 4.69) is 10.2 Å². The van der Waals surface area contributed by atoms with Crippen LogP contribution in [0.1, 0.15) is 28.5 Å². The van der Waals surface area contributed by atoms with Gasteiger partial charge >= 0.3 is 5.69 Å². The molecule has 6 aromatic rings. The second-order valence-electron chi connectivity index (χ2n) is 9.92. The van der Waals surface area contributed by atoms with E-state index in [-0.39, 0.29) is 17.8 Å². The zero-order chi connectivity index (χ0) is 29.4. The molecule has 42 heavy (non-hydrogen) atoms. The van der Waals surface area contributed by atoms with Gasteiger partial charge in [0.05, 0.1) is 17.9 Å². The van der Waals surface area contributed by atoms with Crippen molar-refractivity contribution in [1.82, 2.24) is 38.5 Å². The van der Waals surface area contributed by atoms with Crippen LogP contribution in [-0.2, 0) is 26.6 Å². The number of hydrogen-bond acceptors (Lipinski definition) is 5. The number of benzene rings is 3. The molecule has 0 aliphatic rings. The fourth-order valence-electron chi connectivity index (χ4n) is 5.03. The molecule has 0 saturated heterocycles. The Morgan fingerprint density at radius 1 is 0.857 bits per heavy atom. The first kappa shape index (κ1) is 27.4. The van der Waals surface area contributed by atoms with Gasteiger partial charge in [0.15, 0.2) is 10.6 Å². The maximum Gasteiger partial charge on any atom is 0.351 e. The Morgan fingerprint density at radius 3 is 2.21 bits per heavy atom. The highest BCUT2D eigenvalue weighted by Crippen LogP contribution is 2.18. The summed E-state index contributed by atoms with van der Waals surface area (Å²) >= 11 is 11.6. The number of para-hydroxylation sites is 1. The summed E-state index contributed by atoms with van der Waals surface area (Å²) in [6.45, 7) is 2.35. The smallest absolute Gasteiger partial charge is 0.298 e. The van der Waals surface area contributed by atoms with Gasteiger partial charge in [-0.3, -0.25) is 19.1 Å². The lowest BCUT2D eigenvalue weighted by atomic mass is 10.1. The van der Waals surface area contributed by atoms with Crippen LogP contribution in [0.4, 0.5) is 0 Å². The zero-order valence-electron chi connectivity index (χ0n) is 22.9. The van der Waals surface area contributed by atoms with Crippen molar-refractivity contribution in [1.29, 1.82) is 0 Å². The molecule has 0 saturated carbocycles. The monoisotopic (exact) mass is 598 g/mol. The van der Waals surface area contributed by atoms with Gasteiger partial charge in [0.2, 0.25) is 0 Å². The predicted molar refractivity (Wildman–Crippen MR) is 163 cm³/mol. The largest absolute Gasteiger partial charge is 0.351 e. The number of halogens is 1. The lowest BCUT2D eigenvalue weighted by molar-refractivity contribution is 0.589. The summed E-state index contributed by atoms with van der Waals surface area (Å²) in [7, 11) is 1.79. The van der Waals surface area contributed by atoms with E-state index < -0.39 is 5.69 Å². The molecule has 0 radical (unpaired) electrons. The fourth-order valence-corrected chi connectivity index (χ4v) is 5.37. The van der Waals surface area contributed by atoms with Crippen molar-refractivity contribution in [2.24, 2.45) is 7.05 Å². The zero-order valence-corrected chi connectivity index (χ0v) is 24.5. The van der Waals surface area contributed by atoms with E-state index in [1.54, 1.807) is 28.5 Å². The maximum atomic E-state index is 14.1. The van der Waals surface area contributed by atoms with Crippen LogP contribution >= 0.6 is 23.8 Å². The summed E-state index contributed by atoms with van der Waals surface area (Å²) in [6.07, 6.45) is 0.301. The SMILES string of the molecule is Cc1c(-n2c(Cc3ccc(Cl)cc3)nn(Cc3n[nH]c(=S)n3Cc3ccccc3)c2=O)c(=O)n(-c2ccccc2)n1C. The second kappa shape index (κ2) is 11.3. The Hall–Kier alpha value is -4.74. The Labute approximate surface area is 250 Å². The molecule has 3 heterocycles. The summed E-state index contributed by atoms with van der Waals surface area (Å²) in [4.78, 5) is 28.0. The molecule has 212 valence electrons. The molecule has 0 fully saturated rings. The van der Waals surface area contributed by atoms with Crippen molar-refractivity contribution in [3.05, 3.63) is 144 Å². The molecule has 0 atom stereocenters. The lowest BCUT2D eigenvalue weighted by Crippen LogP contribution is -2.30. The lowest BCUT2D eigenvalue weighted by Gasteiger charge is -2.07. The van der Waals surface area contributed by atoms with E-state index in [9.17, 15) is 9.59 Å². The van der Waals surface area contributed by atoms with Crippen LogP contribution in [0.3, 0.4) is 0 Å². The van der Waals surface area contributed by atoms with Crippen molar-refractivity contribution >= 4 is 23.8 Å². The fraction of sp³-hybridized carbons (Fsp3) is 0.167. The van der Waals surface area contributed by atoms with Gasteiger partial charge in [-0.25, -0.2) is 18.7 Å². The number of aromatic amines is 1. The first-order valence-electron chi connectivity index (χ1n) is 13.3. The molecule has 0 bridgehead atoms. The van der Waals surface area contributed by atoms with E-state index in [1.165, 1.54) is 9.25 Å². The van der Waals surface area contributed by atoms with Crippen molar-refractivity contribution < 1.29 is 0 Å². The molecule has 3 aromatic carbocycles. The normalized spacial score (nSPS) is 11.3. The molecule has 6 rings (SSSR count). The van der Waals surface area contributed by atoms with Crippen LogP contribution < -0.4 is 11.2 Å². The van der Waals surface area contributed by atoms with E-state index in [0.717, 1.165) is 11.1 Å². The first-order valence-corrected chi connectivity index (χ1v) is 14.1. The van der Waals surface area contributed by atoms with Crippen LogP contribution in [-0.4, -0.2) is 38.5 Å². The summed E-state index contributed by atoms with van der Waals surface area (Å²) < 4.78 is 8.31. The number of nitrogens with zero attached hydrogens (tertiary/aromatic N) is 7. The van der Waals surface area contributed by atoms with Crippen molar-refractivity contribution in [3.63, 3.8) is 0 Å². The highest BCUT2D eigenvalue weighted by Gasteiger charge is 2.25. The van der Waals surface area contributed by atoms with Crippen LogP contribution in [0.25, 0.3) is 11.4 Å². The van der Waals surface area contributed by atoms with Gasteiger partial charge in [0.1, 0.15) is 18.1 Å². The Kier molecular flexibility index (Phi) is 7.36. The topological polar surface area (TPSA) is 100 Å². The first-order chi connectivity index (χ1) is 20.3. The van der Waals surface area contributed by atoms with Gasteiger partial charge < -0.3 is 0 Å². The van der Waals surface area contributed by atoms with E-state index in [4.69, 9.17) is 28.9 Å². The van der Waals surface area contributed by atoms with E-state index in [1.807, 2.05) is 84.3 Å². The van der Waals surface area contributed by atoms with Gasteiger partial charge in [-0.05, 0) is 54.5 Å². The molecular weight excluding hydrogens is 572 g/mol. The van der Waals surface area contributed by atoms with Gasteiger partial charge in [0, 0.05) is 18.5 Å². The van der Waals surface area contributed by atoms with Gasteiger partial charge in [-0.15, -0.1) is 0 Å². The van der Waals surface area contributed by atoms with E-state index >= 15 is 0 Å². The number of hydrogen-bond donors (Lipinski definition) is 1. The number of aromatic nitrogens is 8. The highest BCUT2D eigenvalue weighted by atomic mass is 35.5. The van der Waals surface area contributed by atoms with Crippen LogP contribution in [0.15, 0.2) is 94.5 Å². The minimum atomic E-state index is -0.454. The van der Waals surface area contributed by atoms with Crippen molar-refractivity contribution in [2.75, 3.05) is 0 Å². The molecular formula is C30H27ClN8O2S. The summed E-state index contributed by atoms with van der Waals surface area (Å²) in [6, 6.07) is 26.5. The third-order valence-electron chi connectivity index (χ3n) is 7.24. The minimum absolute atomic E-state index is 0.0538. The average Bonchev–Trinajstić information content (AvgIpc) is 3.56. The molecule has 0 amide bonds. The minimum Gasteiger partial charge on any atom is -0.298 e. The molecule has 12 heteroatoms. The molecule has 10 nitrogen and oxygen atoms in total. The average molecular weight is 599 g/mol. The molecule has 0 aliphatic carbocycles. The second-order valence-corrected chi connectivity index (χ2v) is 10.7. The van der Waals surface area contributed by atoms with Gasteiger partial charge in [0.25, 0.3) is 5.56 Å². The molecule has 0 unspecified atom stereocenters. The molecule has 1 N–H and O–H groups in total. The van der Waals surface area contributed by atoms with Crippen molar-refractivity contribution in [2.45, 2.75) is 26.4 Å². The van der Waals surface area contributed by atoms with Gasteiger partial charge in [-0.2, -0.15) is 10.2 Å². The summed E-state index contributed by atoms with van der Waals surface area (Å²) in [5.74, 6) is 0.956. The maximum absolute atomic E-state index is 14.1. The number of rotatable bonds is 8. The third-order valence-corrected chi connectivity index (χ3v) is 7.80. The molecule has 0 aliphatic heterocycles. The van der Waals surface area contributed by atoms with Gasteiger partial charge in [-0.1, -0.05) is 72.3 Å². The van der Waals surface area contributed by atoms with Crippen LogP contribution in [0, 0.1) is 11.7 Å². The molecule has 3 aromatic heterocycles. The highest BCUT2D eigenvalue weighted by molar-refractivity contribution is 7.71. The quantitative estimate of drug-likeness (QED) is 0.261. The Bertz CT molecular complexity index is 2050. The van der Waals surface area contributed by atoms with Crippen molar-refractivity contribution in [3.8, 4) is 11.4 Å². The Balaban J connectivity index is 1.48. The Morgan fingerprint density at radius 2 is 1.52 bits per heavy atom. The van der Waals surface area contributed by atoms with E-state index in [0.29, 0.717) is 45.8 Å². The third kappa shape index (κ3) is 5.08.